The van der Waals surface area contributed by atoms with Crippen molar-refractivity contribution in [2.24, 2.45) is 0 Å². The van der Waals surface area contributed by atoms with Gasteiger partial charge in [0, 0.05) is 12.6 Å². The summed E-state index contributed by atoms with van der Waals surface area (Å²) in [4.78, 5) is 4.34. The average molecular weight is 208 g/mol. The second-order valence-corrected chi connectivity index (χ2v) is 3.57. The maximum atomic E-state index is 5.59. The zero-order valence-corrected chi connectivity index (χ0v) is 8.90. The highest BCUT2D eigenvalue weighted by Crippen LogP contribution is 2.15. The maximum Gasteiger partial charge on any atom is 0.215 e. The first-order chi connectivity index (χ1) is 7.38. The summed E-state index contributed by atoms with van der Waals surface area (Å²) in [5.41, 5.74) is 0. The molecule has 1 aliphatic rings. The number of aromatic nitrogens is 1. The van der Waals surface area contributed by atoms with Gasteiger partial charge in [0.2, 0.25) is 5.88 Å². The monoisotopic (exact) mass is 208 g/mol. The Hall–Kier alpha value is -1.29. The topological polar surface area (TPSA) is 43.4 Å². The van der Waals surface area contributed by atoms with Crippen molar-refractivity contribution >= 4 is 5.82 Å². The van der Waals surface area contributed by atoms with Crippen LogP contribution in [0.1, 0.15) is 13.3 Å². The zero-order valence-electron chi connectivity index (χ0n) is 8.90. The summed E-state index contributed by atoms with van der Waals surface area (Å²) in [6.45, 7) is 4.41. The van der Waals surface area contributed by atoms with Crippen LogP contribution >= 0.6 is 0 Å². The number of nitrogens with zero attached hydrogens (tertiary/aromatic N) is 1. The molecule has 0 amide bonds. The first kappa shape index (κ1) is 10.2. The lowest BCUT2D eigenvalue weighted by Gasteiger charge is -2.26. The molecule has 0 radical (unpaired) electrons. The molecule has 0 unspecified atom stereocenters. The Kier molecular flexibility index (Phi) is 3.40. The van der Waals surface area contributed by atoms with Gasteiger partial charge in [0.1, 0.15) is 11.9 Å². The van der Waals surface area contributed by atoms with Crippen molar-refractivity contribution in [1.82, 2.24) is 4.98 Å². The van der Waals surface area contributed by atoms with Gasteiger partial charge in [0.05, 0.1) is 13.2 Å². The molecule has 1 aromatic rings. The van der Waals surface area contributed by atoms with E-state index in [9.17, 15) is 0 Å². The van der Waals surface area contributed by atoms with Crippen LogP contribution in [0.25, 0.3) is 0 Å². The molecule has 1 N–H and O–H groups in total. The SMILES string of the molecule is CCCNc1cccc(OC2COC2)n1. The van der Waals surface area contributed by atoms with Gasteiger partial charge in [-0.05, 0) is 12.5 Å². The second kappa shape index (κ2) is 4.98. The lowest BCUT2D eigenvalue weighted by Crippen LogP contribution is -2.38. The third-order valence-electron chi connectivity index (χ3n) is 2.17. The average Bonchev–Trinajstić information content (AvgIpc) is 2.21. The lowest BCUT2D eigenvalue weighted by atomic mass is 10.3. The fourth-order valence-electron chi connectivity index (χ4n) is 1.28. The molecular formula is C11H16N2O2. The maximum absolute atomic E-state index is 5.59. The van der Waals surface area contributed by atoms with E-state index in [4.69, 9.17) is 9.47 Å². The quantitative estimate of drug-likeness (QED) is 0.799. The van der Waals surface area contributed by atoms with Crippen molar-refractivity contribution in [2.45, 2.75) is 19.4 Å². The minimum Gasteiger partial charge on any atom is -0.469 e. The van der Waals surface area contributed by atoms with Gasteiger partial charge in [-0.2, -0.15) is 4.98 Å². The number of anilines is 1. The summed E-state index contributed by atoms with van der Waals surface area (Å²) in [5, 5.41) is 3.22. The van der Waals surface area contributed by atoms with Gasteiger partial charge in [0.15, 0.2) is 0 Å². The van der Waals surface area contributed by atoms with Gasteiger partial charge in [-0.15, -0.1) is 0 Å². The van der Waals surface area contributed by atoms with E-state index >= 15 is 0 Å². The molecule has 4 heteroatoms. The number of hydrogen-bond acceptors (Lipinski definition) is 4. The smallest absolute Gasteiger partial charge is 0.215 e. The molecule has 2 rings (SSSR count). The highest BCUT2D eigenvalue weighted by atomic mass is 16.6. The molecule has 1 aromatic heterocycles. The second-order valence-electron chi connectivity index (χ2n) is 3.57. The third kappa shape index (κ3) is 2.83. The van der Waals surface area contributed by atoms with Crippen LogP contribution in [0, 0.1) is 0 Å². The number of nitrogens with one attached hydrogen (secondary N) is 1. The van der Waals surface area contributed by atoms with E-state index in [2.05, 4.69) is 17.2 Å². The summed E-state index contributed by atoms with van der Waals surface area (Å²) in [7, 11) is 0. The predicted octanol–water partition coefficient (Wildman–Crippen LogP) is 1.68. The van der Waals surface area contributed by atoms with Gasteiger partial charge in [-0.3, -0.25) is 0 Å². The molecule has 0 bridgehead atoms. The third-order valence-corrected chi connectivity index (χ3v) is 2.17. The van der Waals surface area contributed by atoms with Crippen LogP contribution in [0.2, 0.25) is 0 Å². The number of ether oxygens (including phenoxy) is 2. The van der Waals surface area contributed by atoms with E-state index in [1.165, 1.54) is 0 Å². The largest absolute Gasteiger partial charge is 0.469 e. The molecular weight excluding hydrogens is 192 g/mol. The molecule has 1 aliphatic heterocycles. The summed E-state index contributed by atoms with van der Waals surface area (Å²) < 4.78 is 10.6. The zero-order chi connectivity index (χ0) is 10.5. The van der Waals surface area contributed by atoms with Crippen molar-refractivity contribution < 1.29 is 9.47 Å². The lowest BCUT2D eigenvalue weighted by molar-refractivity contribution is -0.0812. The Morgan fingerprint density at radius 2 is 2.40 bits per heavy atom. The number of pyridine rings is 1. The molecule has 0 aromatic carbocycles. The van der Waals surface area contributed by atoms with Gasteiger partial charge < -0.3 is 14.8 Å². The Bertz CT molecular complexity index is 313. The van der Waals surface area contributed by atoms with Gasteiger partial charge in [-0.1, -0.05) is 13.0 Å². The van der Waals surface area contributed by atoms with Crippen molar-refractivity contribution in [3.63, 3.8) is 0 Å². The normalized spacial score (nSPS) is 15.8. The molecule has 0 aliphatic carbocycles. The van der Waals surface area contributed by atoms with Crippen LogP contribution in [0.4, 0.5) is 5.82 Å². The standard InChI is InChI=1S/C11H16N2O2/c1-2-6-12-10-4-3-5-11(13-10)15-9-7-14-8-9/h3-5,9H,2,6-8H2,1H3,(H,12,13). The molecule has 0 spiro atoms. The number of rotatable bonds is 5. The molecule has 0 atom stereocenters. The molecule has 1 saturated heterocycles. The summed E-state index contributed by atoms with van der Waals surface area (Å²) in [6.07, 6.45) is 1.27. The minimum absolute atomic E-state index is 0.180. The van der Waals surface area contributed by atoms with Crippen LogP contribution < -0.4 is 10.1 Å². The Morgan fingerprint density at radius 1 is 1.53 bits per heavy atom. The summed E-state index contributed by atoms with van der Waals surface area (Å²) in [6, 6.07) is 5.76. The van der Waals surface area contributed by atoms with Crippen LogP contribution in [-0.4, -0.2) is 30.8 Å². The fourth-order valence-corrected chi connectivity index (χ4v) is 1.28. The van der Waals surface area contributed by atoms with Crippen LogP contribution in [-0.2, 0) is 4.74 Å². The van der Waals surface area contributed by atoms with E-state index in [0.717, 1.165) is 18.8 Å². The number of hydrogen-bond donors (Lipinski definition) is 1. The van der Waals surface area contributed by atoms with Gasteiger partial charge >= 0.3 is 0 Å². The predicted molar refractivity (Wildman–Crippen MR) is 58.3 cm³/mol. The van der Waals surface area contributed by atoms with Gasteiger partial charge in [-0.25, -0.2) is 0 Å². The Labute approximate surface area is 89.6 Å². The highest BCUT2D eigenvalue weighted by Gasteiger charge is 2.20. The first-order valence-corrected chi connectivity index (χ1v) is 5.34. The highest BCUT2D eigenvalue weighted by molar-refractivity contribution is 5.36. The van der Waals surface area contributed by atoms with Crippen molar-refractivity contribution in [3.8, 4) is 5.88 Å². The molecule has 15 heavy (non-hydrogen) atoms. The van der Waals surface area contributed by atoms with E-state index in [1.54, 1.807) is 0 Å². The van der Waals surface area contributed by atoms with E-state index < -0.39 is 0 Å². The Balaban J connectivity index is 1.92. The van der Waals surface area contributed by atoms with Crippen molar-refractivity contribution in [3.05, 3.63) is 18.2 Å². The van der Waals surface area contributed by atoms with Gasteiger partial charge in [0.25, 0.3) is 0 Å². The van der Waals surface area contributed by atoms with Crippen LogP contribution in [0.3, 0.4) is 0 Å². The van der Waals surface area contributed by atoms with Crippen molar-refractivity contribution in [1.29, 1.82) is 0 Å². The van der Waals surface area contributed by atoms with E-state index in [1.807, 2.05) is 18.2 Å². The van der Waals surface area contributed by atoms with E-state index in [0.29, 0.717) is 19.1 Å². The molecule has 1 fully saturated rings. The van der Waals surface area contributed by atoms with Crippen LogP contribution in [0.5, 0.6) is 5.88 Å². The minimum atomic E-state index is 0.180. The van der Waals surface area contributed by atoms with Crippen LogP contribution in [0.15, 0.2) is 18.2 Å². The molecule has 2 heterocycles. The molecule has 82 valence electrons. The molecule has 0 saturated carbocycles. The first-order valence-electron chi connectivity index (χ1n) is 5.34. The Morgan fingerprint density at radius 3 is 3.07 bits per heavy atom. The summed E-state index contributed by atoms with van der Waals surface area (Å²) >= 11 is 0. The summed E-state index contributed by atoms with van der Waals surface area (Å²) in [5.74, 6) is 1.54. The fraction of sp³-hybridized carbons (Fsp3) is 0.545. The van der Waals surface area contributed by atoms with Crippen molar-refractivity contribution in [2.75, 3.05) is 25.1 Å². The molecule has 4 nitrogen and oxygen atoms in total. The van der Waals surface area contributed by atoms with E-state index in [-0.39, 0.29) is 6.10 Å².